The van der Waals surface area contributed by atoms with E-state index in [9.17, 15) is 9.59 Å². The quantitative estimate of drug-likeness (QED) is 0.699. The summed E-state index contributed by atoms with van der Waals surface area (Å²) in [5.74, 6) is 0.795. The maximum Gasteiger partial charge on any atom is 0.251 e. The first-order chi connectivity index (χ1) is 10.6. The lowest BCUT2D eigenvalue weighted by molar-refractivity contribution is -0.138. The van der Waals surface area contributed by atoms with Crippen LogP contribution in [0.1, 0.15) is 44.2 Å². The Morgan fingerprint density at radius 3 is 2.77 bits per heavy atom. The number of fused-ring (bicyclic) bond motifs is 1. The van der Waals surface area contributed by atoms with Crippen molar-refractivity contribution in [3.05, 3.63) is 31.8 Å². The van der Waals surface area contributed by atoms with Gasteiger partial charge in [0.2, 0.25) is 5.91 Å². The Morgan fingerprint density at radius 1 is 1.23 bits per heavy atom. The number of halogens is 1. The van der Waals surface area contributed by atoms with E-state index in [-0.39, 0.29) is 18.0 Å². The molecular weight excluding hydrogens is 391 g/mol. The zero-order valence-corrected chi connectivity index (χ0v) is 15.2. The highest BCUT2D eigenvalue weighted by molar-refractivity contribution is 14.1. The lowest BCUT2D eigenvalue weighted by Crippen LogP contribution is -2.51. The number of aromatic nitrogens is 1. The molecule has 22 heavy (non-hydrogen) atoms. The zero-order valence-electron chi connectivity index (χ0n) is 13.1. The van der Waals surface area contributed by atoms with Gasteiger partial charge in [0.15, 0.2) is 0 Å². The first-order valence-corrected chi connectivity index (χ1v) is 9.31. The van der Waals surface area contributed by atoms with Crippen molar-refractivity contribution in [3.63, 3.8) is 0 Å². The summed E-state index contributed by atoms with van der Waals surface area (Å²) in [6.07, 6.45) is 7.29. The lowest BCUT2D eigenvalue weighted by atomic mass is 9.78. The van der Waals surface area contributed by atoms with Gasteiger partial charge in [-0.25, -0.2) is 0 Å². The van der Waals surface area contributed by atoms with Crippen molar-refractivity contribution in [2.75, 3.05) is 6.54 Å². The van der Waals surface area contributed by atoms with Gasteiger partial charge in [0.1, 0.15) is 6.54 Å². The number of piperidine rings is 1. The van der Waals surface area contributed by atoms with Crippen LogP contribution in [0.15, 0.2) is 16.9 Å². The average molecular weight is 414 g/mol. The SMILES string of the molecule is Cc1c(I)ccc(=O)n1CC(=O)N1CCC[C@H]2CCCC[C@@H]21. The number of hydrogen-bond donors (Lipinski definition) is 0. The summed E-state index contributed by atoms with van der Waals surface area (Å²) in [4.78, 5) is 27.0. The third-order valence-corrected chi connectivity index (χ3v) is 6.39. The van der Waals surface area contributed by atoms with Crippen LogP contribution in [0.4, 0.5) is 0 Å². The van der Waals surface area contributed by atoms with Crippen LogP contribution >= 0.6 is 22.6 Å². The maximum atomic E-state index is 12.8. The molecule has 5 heteroatoms. The predicted molar refractivity (Wildman–Crippen MR) is 94.8 cm³/mol. The summed E-state index contributed by atoms with van der Waals surface area (Å²) in [6.45, 7) is 2.96. The van der Waals surface area contributed by atoms with Crippen LogP contribution in [0.25, 0.3) is 0 Å². The van der Waals surface area contributed by atoms with E-state index < -0.39 is 0 Å². The van der Waals surface area contributed by atoms with Gasteiger partial charge in [-0.1, -0.05) is 12.8 Å². The molecule has 1 aromatic heterocycles. The largest absolute Gasteiger partial charge is 0.338 e. The summed E-state index contributed by atoms with van der Waals surface area (Å²) >= 11 is 2.21. The molecule has 0 aromatic carbocycles. The van der Waals surface area contributed by atoms with Gasteiger partial charge < -0.3 is 9.47 Å². The van der Waals surface area contributed by atoms with E-state index >= 15 is 0 Å². The van der Waals surface area contributed by atoms with Crippen LogP contribution in [-0.2, 0) is 11.3 Å². The third kappa shape index (κ3) is 3.09. The van der Waals surface area contributed by atoms with Crippen LogP contribution in [0.5, 0.6) is 0 Å². The lowest BCUT2D eigenvalue weighted by Gasteiger charge is -2.44. The van der Waals surface area contributed by atoms with E-state index in [2.05, 4.69) is 27.5 Å². The van der Waals surface area contributed by atoms with E-state index in [1.165, 1.54) is 25.7 Å². The maximum absolute atomic E-state index is 12.8. The highest BCUT2D eigenvalue weighted by atomic mass is 127. The Bertz CT molecular complexity index is 624. The molecule has 120 valence electrons. The number of amides is 1. The van der Waals surface area contributed by atoms with Crippen molar-refractivity contribution in [2.45, 2.75) is 58.0 Å². The summed E-state index contributed by atoms with van der Waals surface area (Å²) in [7, 11) is 0. The minimum atomic E-state index is -0.0801. The second-order valence-corrected chi connectivity index (χ2v) is 7.69. The molecule has 1 aromatic rings. The van der Waals surface area contributed by atoms with Gasteiger partial charge in [0.05, 0.1) is 0 Å². The number of hydrogen-bond acceptors (Lipinski definition) is 2. The van der Waals surface area contributed by atoms with Gasteiger partial charge in [-0.2, -0.15) is 0 Å². The summed E-state index contributed by atoms with van der Waals surface area (Å²) in [6, 6.07) is 3.78. The standard InChI is InChI=1S/C17H23IN2O2/c1-12-14(18)8-9-16(21)20(12)11-17(22)19-10-4-6-13-5-2-3-7-15(13)19/h8-9,13,15H,2-7,10-11H2,1H3/t13-,15+/m1/s1. The minimum Gasteiger partial charge on any atom is -0.338 e. The van der Waals surface area contributed by atoms with E-state index in [4.69, 9.17) is 0 Å². The molecule has 1 saturated carbocycles. The molecule has 0 N–H and O–H groups in total. The molecule has 2 atom stereocenters. The molecule has 1 amide bonds. The fourth-order valence-corrected chi connectivity index (χ4v) is 4.48. The molecule has 0 radical (unpaired) electrons. The molecular formula is C17H23IN2O2. The fraction of sp³-hybridized carbons (Fsp3) is 0.647. The van der Waals surface area contributed by atoms with Gasteiger partial charge >= 0.3 is 0 Å². The highest BCUT2D eigenvalue weighted by Crippen LogP contribution is 2.35. The summed E-state index contributed by atoms with van der Waals surface area (Å²) in [5.41, 5.74) is 0.808. The molecule has 1 aliphatic heterocycles. The van der Waals surface area contributed by atoms with E-state index in [0.717, 1.165) is 28.7 Å². The van der Waals surface area contributed by atoms with Crippen molar-refractivity contribution in [2.24, 2.45) is 5.92 Å². The summed E-state index contributed by atoms with van der Waals surface area (Å²) < 4.78 is 2.65. The van der Waals surface area contributed by atoms with E-state index in [0.29, 0.717) is 12.0 Å². The van der Waals surface area contributed by atoms with Gasteiger partial charge in [-0.15, -0.1) is 0 Å². The zero-order chi connectivity index (χ0) is 15.7. The molecule has 4 nitrogen and oxygen atoms in total. The Hall–Kier alpha value is -0.850. The van der Waals surface area contributed by atoms with E-state index in [1.54, 1.807) is 10.6 Å². The monoisotopic (exact) mass is 414 g/mol. The molecule has 0 bridgehead atoms. The van der Waals surface area contributed by atoms with Gasteiger partial charge in [-0.3, -0.25) is 9.59 Å². The van der Waals surface area contributed by atoms with Crippen molar-refractivity contribution in [1.82, 2.24) is 9.47 Å². The Morgan fingerprint density at radius 2 is 1.95 bits per heavy atom. The van der Waals surface area contributed by atoms with Crippen LogP contribution in [-0.4, -0.2) is 28.0 Å². The van der Waals surface area contributed by atoms with Crippen molar-refractivity contribution < 1.29 is 4.79 Å². The number of nitrogens with zero attached hydrogens (tertiary/aromatic N) is 2. The second kappa shape index (κ2) is 6.72. The Kier molecular flexibility index (Phi) is 4.90. The van der Waals surface area contributed by atoms with E-state index in [1.807, 2.05) is 13.0 Å². The predicted octanol–water partition coefficient (Wildman–Crippen LogP) is 2.94. The Balaban J connectivity index is 1.79. The van der Waals surface area contributed by atoms with Crippen LogP contribution in [0, 0.1) is 16.4 Å². The normalized spacial score (nSPS) is 24.9. The fourth-order valence-electron chi connectivity index (χ4n) is 4.01. The van der Waals surface area contributed by atoms with Gasteiger partial charge in [-0.05, 0) is 67.2 Å². The molecule has 1 saturated heterocycles. The number of rotatable bonds is 2. The van der Waals surface area contributed by atoms with Crippen molar-refractivity contribution in [1.29, 1.82) is 0 Å². The van der Waals surface area contributed by atoms with Gasteiger partial charge in [0, 0.05) is 27.9 Å². The smallest absolute Gasteiger partial charge is 0.251 e. The van der Waals surface area contributed by atoms with Crippen LogP contribution in [0.3, 0.4) is 0 Å². The molecule has 0 unspecified atom stereocenters. The molecule has 1 aliphatic carbocycles. The topological polar surface area (TPSA) is 42.3 Å². The average Bonchev–Trinajstić information content (AvgIpc) is 2.54. The molecule has 2 fully saturated rings. The van der Waals surface area contributed by atoms with Gasteiger partial charge in [0.25, 0.3) is 5.56 Å². The second-order valence-electron chi connectivity index (χ2n) is 6.53. The number of carbonyl (C=O) groups excluding carboxylic acids is 1. The Labute approximate surface area is 145 Å². The molecule has 0 spiro atoms. The molecule has 2 aliphatic rings. The number of likely N-dealkylation sites (tertiary alicyclic amines) is 1. The van der Waals surface area contributed by atoms with Crippen molar-refractivity contribution >= 4 is 28.5 Å². The summed E-state index contributed by atoms with van der Waals surface area (Å²) in [5, 5.41) is 0. The number of carbonyl (C=O) groups is 1. The number of pyridine rings is 1. The van der Waals surface area contributed by atoms with Crippen LogP contribution in [0.2, 0.25) is 0 Å². The molecule has 3 rings (SSSR count). The minimum absolute atomic E-state index is 0.0801. The first-order valence-electron chi connectivity index (χ1n) is 8.23. The third-order valence-electron chi connectivity index (χ3n) is 5.25. The highest BCUT2D eigenvalue weighted by Gasteiger charge is 2.35. The van der Waals surface area contributed by atoms with Crippen LogP contribution < -0.4 is 5.56 Å². The first kappa shape index (κ1) is 16.0. The molecule has 2 heterocycles. The van der Waals surface area contributed by atoms with Crippen molar-refractivity contribution in [3.8, 4) is 0 Å².